The van der Waals surface area contributed by atoms with Crippen LogP contribution in [0.5, 0.6) is 0 Å². The Balaban J connectivity index is 0. The van der Waals surface area contributed by atoms with Gasteiger partial charge in [0.15, 0.2) is 0 Å². The Morgan fingerprint density at radius 2 is 0.467 bits per heavy atom. The molecule has 0 unspecified atom stereocenters. The van der Waals surface area contributed by atoms with E-state index in [1.54, 1.807) is 0 Å². The van der Waals surface area contributed by atoms with Crippen LogP contribution in [0.1, 0.15) is 181 Å². The van der Waals surface area contributed by atoms with Gasteiger partial charge in [-0.05, 0) is 6.42 Å². The molecule has 0 aliphatic carbocycles. The molecule has 0 aromatic heterocycles. The highest BCUT2D eigenvalue weighted by Crippen LogP contribution is 2.15. The monoisotopic (exact) mass is 426 g/mol. The molecule has 0 aromatic rings. The van der Waals surface area contributed by atoms with Crippen LogP contribution in [-0.4, -0.2) is 11.7 Å². The fraction of sp³-hybridized carbons (Fsp3) is 1.00. The molecule has 0 aliphatic heterocycles. The normalized spacial score (nSPS) is 11.0. The molecule has 0 saturated heterocycles. The van der Waals surface area contributed by atoms with Crippen LogP contribution >= 0.6 is 0 Å². The number of unbranched alkanes of at least 4 members (excludes halogenated alkanes) is 25. The smallest absolute Gasteiger partial charge is 0.0431 e. The van der Waals surface area contributed by atoms with Crippen molar-refractivity contribution in [2.24, 2.45) is 0 Å². The van der Waals surface area contributed by atoms with Crippen molar-refractivity contribution >= 4 is 0 Å². The summed E-state index contributed by atoms with van der Waals surface area (Å²) in [7, 11) is 0. The van der Waals surface area contributed by atoms with Gasteiger partial charge in [-0.15, -0.1) is 0 Å². The summed E-state index contributed by atoms with van der Waals surface area (Å²) in [6.45, 7) is 2.67. The molecule has 30 heavy (non-hydrogen) atoms. The Morgan fingerprint density at radius 3 is 0.633 bits per heavy atom. The summed E-state index contributed by atoms with van der Waals surface area (Å²) in [5.41, 5.74) is 0. The van der Waals surface area contributed by atoms with Crippen LogP contribution < -0.4 is 0 Å². The number of aliphatic hydroxyl groups is 1. The fourth-order valence-electron chi connectivity index (χ4n) is 4.43. The minimum absolute atomic E-state index is 0. The summed E-state index contributed by atoms with van der Waals surface area (Å²) in [4.78, 5) is 0. The highest BCUT2D eigenvalue weighted by Gasteiger charge is 1.96. The summed E-state index contributed by atoms with van der Waals surface area (Å²) >= 11 is 0. The third-order valence-electron chi connectivity index (χ3n) is 6.51. The molecule has 0 spiro atoms. The van der Waals surface area contributed by atoms with E-state index in [0.717, 1.165) is 6.42 Å². The molecule has 0 fully saturated rings. The number of hydrogen-bond donors (Lipinski definition) is 1. The van der Waals surface area contributed by atoms with Crippen molar-refractivity contribution < 1.29 is 5.11 Å². The SMILES string of the molecule is C.CCCCCCCCCCCCCCCCCCCCCCCCCCCCO. The zero-order valence-electron chi connectivity index (χ0n) is 20.5. The number of aliphatic hydroxyl groups excluding tert-OH is 1. The maximum absolute atomic E-state index is 8.75. The Hall–Kier alpha value is -0.0400. The standard InChI is InChI=1S/C28H58O.CH4/c1-2-3-4-5-6-7-8-9-10-11-12-13-14-15-16-17-18-19-20-21-22-23-24-25-26-27-28-29;/h29H,2-28H2,1H3;1H4. The lowest BCUT2D eigenvalue weighted by molar-refractivity contribution is 0.282. The van der Waals surface area contributed by atoms with Crippen molar-refractivity contribution in [1.29, 1.82) is 0 Å². The molecule has 0 radical (unpaired) electrons. The van der Waals surface area contributed by atoms with Crippen molar-refractivity contribution in [2.75, 3.05) is 6.61 Å². The quantitative estimate of drug-likeness (QED) is 0.136. The van der Waals surface area contributed by atoms with Gasteiger partial charge in [-0.1, -0.05) is 175 Å². The summed E-state index contributed by atoms with van der Waals surface area (Å²) in [5.74, 6) is 0. The summed E-state index contributed by atoms with van der Waals surface area (Å²) in [6.07, 6.45) is 37.1. The lowest BCUT2D eigenvalue weighted by Gasteiger charge is -2.04. The van der Waals surface area contributed by atoms with Gasteiger partial charge in [0.1, 0.15) is 0 Å². The first-order valence-corrected chi connectivity index (χ1v) is 14.0. The average Bonchev–Trinajstić information content (AvgIpc) is 2.74. The van der Waals surface area contributed by atoms with Crippen LogP contribution in [0.3, 0.4) is 0 Å². The molecule has 0 amide bonds. The first kappa shape index (κ1) is 32.1. The van der Waals surface area contributed by atoms with Crippen LogP contribution in [0.2, 0.25) is 0 Å². The Labute approximate surface area is 193 Å². The van der Waals surface area contributed by atoms with Crippen molar-refractivity contribution in [3.63, 3.8) is 0 Å². The molecule has 0 heterocycles. The molecule has 0 aromatic carbocycles. The average molecular weight is 427 g/mol. The summed E-state index contributed by atoms with van der Waals surface area (Å²) < 4.78 is 0. The molecule has 0 rings (SSSR count). The van der Waals surface area contributed by atoms with Crippen molar-refractivity contribution in [1.82, 2.24) is 0 Å². The van der Waals surface area contributed by atoms with E-state index < -0.39 is 0 Å². The first-order chi connectivity index (χ1) is 14.4. The number of hydrogen-bond acceptors (Lipinski definition) is 1. The molecular weight excluding hydrogens is 364 g/mol. The van der Waals surface area contributed by atoms with Crippen LogP contribution in [0.15, 0.2) is 0 Å². The van der Waals surface area contributed by atoms with Crippen LogP contribution in [0.25, 0.3) is 0 Å². The second-order valence-corrected chi connectivity index (χ2v) is 9.56. The molecule has 1 nitrogen and oxygen atoms in total. The maximum atomic E-state index is 8.75. The molecule has 1 heteroatoms. The Morgan fingerprint density at radius 1 is 0.300 bits per heavy atom. The highest BCUT2D eigenvalue weighted by molar-refractivity contribution is 4.51. The molecule has 0 aliphatic rings. The third kappa shape index (κ3) is 30.2. The third-order valence-corrected chi connectivity index (χ3v) is 6.51. The summed E-state index contributed by atoms with van der Waals surface area (Å²) in [6, 6.07) is 0. The van der Waals surface area contributed by atoms with E-state index in [9.17, 15) is 0 Å². The van der Waals surface area contributed by atoms with E-state index in [-0.39, 0.29) is 7.43 Å². The van der Waals surface area contributed by atoms with Crippen molar-refractivity contribution in [3.05, 3.63) is 0 Å². The lowest BCUT2D eigenvalue weighted by Crippen LogP contribution is -1.85. The van der Waals surface area contributed by atoms with Gasteiger partial charge in [0.25, 0.3) is 0 Å². The van der Waals surface area contributed by atoms with E-state index in [1.165, 1.54) is 161 Å². The van der Waals surface area contributed by atoms with Gasteiger partial charge >= 0.3 is 0 Å². The largest absolute Gasteiger partial charge is 0.396 e. The first-order valence-electron chi connectivity index (χ1n) is 14.0. The maximum Gasteiger partial charge on any atom is 0.0431 e. The molecule has 0 saturated carbocycles. The molecule has 184 valence electrons. The molecule has 1 N–H and O–H groups in total. The van der Waals surface area contributed by atoms with Gasteiger partial charge in [-0.2, -0.15) is 0 Å². The predicted octanol–water partition coefficient (Wildman–Crippen LogP) is 10.8. The molecule has 0 bridgehead atoms. The van der Waals surface area contributed by atoms with Gasteiger partial charge in [-0.3, -0.25) is 0 Å². The number of rotatable bonds is 26. The van der Waals surface area contributed by atoms with E-state index >= 15 is 0 Å². The van der Waals surface area contributed by atoms with E-state index in [1.807, 2.05) is 0 Å². The highest BCUT2D eigenvalue weighted by atomic mass is 16.2. The van der Waals surface area contributed by atoms with Crippen LogP contribution in [0.4, 0.5) is 0 Å². The van der Waals surface area contributed by atoms with Gasteiger partial charge < -0.3 is 5.11 Å². The van der Waals surface area contributed by atoms with E-state index in [4.69, 9.17) is 5.11 Å². The van der Waals surface area contributed by atoms with Crippen molar-refractivity contribution in [3.8, 4) is 0 Å². The predicted molar refractivity (Wildman–Crippen MR) is 140 cm³/mol. The van der Waals surface area contributed by atoms with Gasteiger partial charge in [-0.25, -0.2) is 0 Å². The van der Waals surface area contributed by atoms with E-state index in [0.29, 0.717) is 6.61 Å². The van der Waals surface area contributed by atoms with Crippen LogP contribution in [0, 0.1) is 0 Å². The second-order valence-electron chi connectivity index (χ2n) is 9.56. The van der Waals surface area contributed by atoms with Gasteiger partial charge in [0, 0.05) is 6.61 Å². The topological polar surface area (TPSA) is 20.2 Å². The Kier molecular flexibility index (Phi) is 33.4. The zero-order chi connectivity index (χ0) is 21.1. The minimum atomic E-state index is 0. The van der Waals surface area contributed by atoms with Crippen molar-refractivity contribution in [2.45, 2.75) is 181 Å². The van der Waals surface area contributed by atoms with Gasteiger partial charge in [0.05, 0.1) is 0 Å². The zero-order valence-corrected chi connectivity index (χ0v) is 20.5. The van der Waals surface area contributed by atoms with E-state index in [2.05, 4.69) is 6.92 Å². The second kappa shape index (κ2) is 31.1. The Bertz CT molecular complexity index is 237. The minimum Gasteiger partial charge on any atom is -0.396 e. The van der Waals surface area contributed by atoms with Gasteiger partial charge in [0.2, 0.25) is 0 Å². The molecular formula is C29H62O. The summed E-state index contributed by atoms with van der Waals surface area (Å²) in [5, 5.41) is 8.75. The fourth-order valence-corrected chi connectivity index (χ4v) is 4.43. The van der Waals surface area contributed by atoms with Crippen LogP contribution in [-0.2, 0) is 0 Å². The molecule has 0 atom stereocenters. The lowest BCUT2D eigenvalue weighted by atomic mass is 10.0.